The third kappa shape index (κ3) is 5.01. The minimum atomic E-state index is -1.51. The van der Waals surface area contributed by atoms with E-state index in [0.717, 1.165) is 11.8 Å². The molecule has 0 saturated carbocycles. The zero-order valence-electron chi connectivity index (χ0n) is 10.0. The number of aliphatic hydroxyl groups excluding tert-OH is 4. The highest BCUT2D eigenvalue weighted by Crippen LogP contribution is 2.00. The van der Waals surface area contributed by atoms with Gasteiger partial charge in [0.1, 0.15) is 23.3 Å². The lowest BCUT2D eigenvalue weighted by molar-refractivity contribution is -0.0542. The number of nitrogens with zero attached hydrogens (tertiary/aromatic N) is 1. The second kappa shape index (κ2) is 7.93. The van der Waals surface area contributed by atoms with Gasteiger partial charge in [0.15, 0.2) is 0 Å². The topological polar surface area (TPSA) is 105 Å². The van der Waals surface area contributed by atoms with Gasteiger partial charge in [0.2, 0.25) is 0 Å². The van der Waals surface area contributed by atoms with E-state index in [0.29, 0.717) is 4.99 Å². The van der Waals surface area contributed by atoms with E-state index in [-0.39, 0.29) is 0 Å². The van der Waals surface area contributed by atoms with E-state index in [2.05, 4.69) is 10.5 Å². The molecule has 6 nitrogen and oxygen atoms in total. The lowest BCUT2D eigenvalue weighted by Gasteiger charge is -2.18. The van der Waals surface area contributed by atoms with Crippen LogP contribution in [0.15, 0.2) is 35.4 Å². The number of aliphatic hydroxyl groups is 4. The summed E-state index contributed by atoms with van der Waals surface area (Å²) in [4.78, 5) is 0.362. The maximum Gasteiger partial charge on any atom is 0.126 e. The van der Waals surface area contributed by atoms with Crippen LogP contribution in [0.5, 0.6) is 0 Å². The molecule has 0 unspecified atom stereocenters. The first kappa shape index (κ1) is 15.7. The fourth-order valence-electron chi connectivity index (χ4n) is 1.25. The van der Waals surface area contributed by atoms with E-state index >= 15 is 0 Å². The van der Waals surface area contributed by atoms with Crippen molar-refractivity contribution >= 4 is 23.4 Å². The lowest BCUT2D eigenvalue weighted by atomic mass is 10.1. The minimum Gasteiger partial charge on any atom is -0.394 e. The molecule has 3 atom stereocenters. The summed E-state index contributed by atoms with van der Waals surface area (Å²) in [7, 11) is 0. The molecule has 0 aliphatic carbocycles. The quantitative estimate of drug-likeness (QED) is 0.261. The van der Waals surface area contributed by atoms with Crippen LogP contribution in [0, 0.1) is 0 Å². The first-order valence-corrected chi connectivity index (χ1v) is 6.00. The van der Waals surface area contributed by atoms with Gasteiger partial charge in [-0.3, -0.25) is 5.43 Å². The van der Waals surface area contributed by atoms with E-state index in [1.54, 1.807) is 12.1 Å². The van der Waals surface area contributed by atoms with Crippen LogP contribution in [0.25, 0.3) is 0 Å². The van der Waals surface area contributed by atoms with Crippen molar-refractivity contribution in [2.75, 3.05) is 6.61 Å². The van der Waals surface area contributed by atoms with Crippen molar-refractivity contribution in [2.24, 2.45) is 5.10 Å². The Morgan fingerprint density at radius 1 is 1.26 bits per heavy atom. The van der Waals surface area contributed by atoms with Crippen molar-refractivity contribution in [3.8, 4) is 0 Å². The number of nitrogens with one attached hydrogen (secondary N) is 1. The molecule has 1 aromatic rings. The van der Waals surface area contributed by atoms with Gasteiger partial charge in [-0.1, -0.05) is 42.5 Å². The average molecular weight is 284 g/mol. The molecule has 0 amide bonds. The number of thiocarbonyl (C=S) groups is 1. The van der Waals surface area contributed by atoms with Gasteiger partial charge in [-0.15, -0.1) is 0 Å². The molecule has 1 rings (SSSR count). The molecule has 1 aromatic carbocycles. The zero-order chi connectivity index (χ0) is 14.3. The molecule has 0 fully saturated rings. The van der Waals surface area contributed by atoms with Crippen molar-refractivity contribution in [2.45, 2.75) is 18.3 Å². The largest absolute Gasteiger partial charge is 0.394 e. The van der Waals surface area contributed by atoms with Gasteiger partial charge in [0, 0.05) is 5.56 Å². The molecule has 0 aliphatic rings. The fraction of sp³-hybridized carbons (Fsp3) is 0.333. The van der Waals surface area contributed by atoms with Crippen molar-refractivity contribution in [1.29, 1.82) is 0 Å². The van der Waals surface area contributed by atoms with Gasteiger partial charge < -0.3 is 20.4 Å². The van der Waals surface area contributed by atoms with Crippen LogP contribution in [-0.2, 0) is 0 Å². The number of hydrogen-bond acceptors (Lipinski definition) is 6. The second-order valence-corrected chi connectivity index (χ2v) is 4.22. The highest BCUT2D eigenvalue weighted by molar-refractivity contribution is 7.80. The third-order valence-electron chi connectivity index (χ3n) is 2.36. The van der Waals surface area contributed by atoms with Crippen molar-refractivity contribution < 1.29 is 20.4 Å². The Labute approximate surface area is 116 Å². The summed E-state index contributed by atoms with van der Waals surface area (Å²) in [5, 5.41) is 40.2. The molecule has 0 saturated heterocycles. The first-order valence-electron chi connectivity index (χ1n) is 5.60. The van der Waals surface area contributed by atoms with Crippen LogP contribution >= 0.6 is 12.2 Å². The number of hydrogen-bond donors (Lipinski definition) is 5. The molecule has 7 heteroatoms. The Bertz CT molecular complexity index is 427. The molecule has 5 N–H and O–H groups in total. The van der Waals surface area contributed by atoms with Crippen LogP contribution in [0.3, 0.4) is 0 Å². The van der Waals surface area contributed by atoms with Gasteiger partial charge in [-0.25, -0.2) is 0 Å². The predicted molar refractivity (Wildman–Crippen MR) is 74.9 cm³/mol. The number of rotatable bonds is 6. The van der Waals surface area contributed by atoms with Crippen molar-refractivity contribution in [3.05, 3.63) is 35.9 Å². The summed E-state index contributed by atoms with van der Waals surface area (Å²) >= 11 is 5.05. The maximum absolute atomic E-state index is 9.45. The molecule has 0 bridgehead atoms. The van der Waals surface area contributed by atoms with Crippen LogP contribution in [0.1, 0.15) is 5.56 Å². The van der Waals surface area contributed by atoms with E-state index in [4.69, 9.17) is 22.4 Å². The molecule has 0 spiro atoms. The average Bonchev–Trinajstić information content (AvgIpc) is 2.46. The normalized spacial score (nSPS) is 16.0. The second-order valence-electron chi connectivity index (χ2n) is 3.82. The van der Waals surface area contributed by atoms with Crippen LogP contribution in [0.4, 0.5) is 0 Å². The highest BCUT2D eigenvalue weighted by atomic mass is 32.1. The van der Waals surface area contributed by atoms with E-state index in [9.17, 15) is 10.2 Å². The molecule has 0 radical (unpaired) electrons. The Hall–Kier alpha value is -1.38. The maximum atomic E-state index is 9.45. The predicted octanol–water partition coefficient (Wildman–Crippen LogP) is -0.987. The molecule has 0 heterocycles. The summed E-state index contributed by atoms with van der Waals surface area (Å²) in [5.74, 6) is 0. The SMILES string of the molecule is OC[C@@H](O)[C@@H](O)[C@H](O)C=NNC(=S)c1ccccc1. The molecule has 19 heavy (non-hydrogen) atoms. The number of hydrazone groups is 1. The molecule has 0 aliphatic heterocycles. The third-order valence-corrected chi connectivity index (χ3v) is 2.69. The number of benzene rings is 1. The van der Waals surface area contributed by atoms with Gasteiger partial charge in [-0.2, -0.15) is 5.10 Å². The van der Waals surface area contributed by atoms with Crippen LogP contribution in [0.2, 0.25) is 0 Å². The van der Waals surface area contributed by atoms with E-state index in [1.165, 1.54) is 0 Å². The zero-order valence-corrected chi connectivity index (χ0v) is 10.9. The Morgan fingerprint density at radius 3 is 2.47 bits per heavy atom. The van der Waals surface area contributed by atoms with Crippen molar-refractivity contribution in [1.82, 2.24) is 5.43 Å². The van der Waals surface area contributed by atoms with Gasteiger partial charge in [-0.05, 0) is 0 Å². The monoisotopic (exact) mass is 284 g/mol. The van der Waals surface area contributed by atoms with E-state index < -0.39 is 24.9 Å². The van der Waals surface area contributed by atoms with E-state index in [1.807, 2.05) is 18.2 Å². The molecular formula is C12H16N2O4S. The summed E-state index contributed by atoms with van der Waals surface area (Å²) in [6, 6.07) is 9.09. The van der Waals surface area contributed by atoms with Crippen molar-refractivity contribution in [3.63, 3.8) is 0 Å². The highest BCUT2D eigenvalue weighted by Gasteiger charge is 2.22. The Morgan fingerprint density at radius 2 is 1.89 bits per heavy atom. The van der Waals surface area contributed by atoms with Gasteiger partial charge in [0.25, 0.3) is 0 Å². The summed E-state index contributed by atoms with van der Waals surface area (Å²) < 4.78 is 0. The van der Waals surface area contributed by atoms with Gasteiger partial charge >= 0.3 is 0 Å². The molecular weight excluding hydrogens is 268 g/mol. The molecule has 104 valence electrons. The van der Waals surface area contributed by atoms with Crippen LogP contribution in [-0.4, -0.2) is 56.5 Å². The fourth-order valence-corrected chi connectivity index (χ4v) is 1.44. The minimum absolute atomic E-state index is 0.362. The standard InChI is InChI=1S/C12H16N2O4S/c15-7-10(17)11(18)9(16)6-13-14-12(19)8-4-2-1-3-5-8/h1-6,9-11,15-18H,7H2,(H,14,19)/t9-,10-,11+/m1/s1. The summed E-state index contributed by atoms with van der Waals surface area (Å²) in [5.41, 5.74) is 3.29. The smallest absolute Gasteiger partial charge is 0.126 e. The Balaban J connectivity index is 2.48. The Kier molecular flexibility index (Phi) is 6.54. The summed E-state index contributed by atoms with van der Waals surface area (Å²) in [6.45, 7) is -0.651. The first-order chi connectivity index (χ1) is 9.06. The summed E-state index contributed by atoms with van der Waals surface area (Å²) in [6.07, 6.45) is -3.35. The van der Waals surface area contributed by atoms with Crippen LogP contribution < -0.4 is 5.43 Å². The lowest BCUT2D eigenvalue weighted by Crippen LogP contribution is -2.40. The van der Waals surface area contributed by atoms with Gasteiger partial charge in [0.05, 0.1) is 12.8 Å². The molecule has 0 aromatic heterocycles.